The van der Waals surface area contributed by atoms with Crippen LogP contribution < -0.4 is 0 Å². The molecule has 0 saturated carbocycles. The van der Waals surface area contributed by atoms with Crippen LogP contribution in [0.25, 0.3) is 0 Å². The van der Waals surface area contributed by atoms with Gasteiger partial charge < -0.3 is 0 Å². The van der Waals surface area contributed by atoms with Crippen LogP contribution in [0.15, 0.2) is 0 Å². The lowest BCUT2D eigenvalue weighted by Crippen LogP contribution is -2.80. The number of hydrogen-bond donors (Lipinski definition) is 0. The molecule has 0 fully saturated rings. The fourth-order valence-electron chi connectivity index (χ4n) is 3.65. The Morgan fingerprint density at radius 1 is 0.141 bits per heavy atom. The van der Waals surface area contributed by atoms with Crippen LogP contribution in [-0.4, -0.2) is 119 Å². The third kappa shape index (κ3) is 6.55. The van der Waals surface area contributed by atoms with Gasteiger partial charge in [-0.1, -0.05) is 0 Å². The molecule has 0 aromatic rings. The summed E-state index contributed by atoms with van der Waals surface area (Å²) in [5, 5.41) is 0. The molecule has 0 rings (SSSR count). The van der Waals surface area contributed by atoms with Gasteiger partial charge in [0.2, 0.25) is 0 Å². The van der Waals surface area contributed by atoms with Crippen LogP contribution in [0.4, 0.5) is 189 Å². The first kappa shape index (κ1) is 61.0. The highest BCUT2D eigenvalue weighted by atomic mass is 19.4. The summed E-state index contributed by atoms with van der Waals surface area (Å²) in [6, 6.07) is 0. The molecule has 64 heavy (non-hydrogen) atoms. The molecule has 0 aliphatic rings. The lowest BCUT2D eigenvalue weighted by molar-refractivity contribution is -0.495. The minimum Gasteiger partial charge on any atom is -0.192 e. The van der Waals surface area contributed by atoms with E-state index < -0.39 is 125 Å². The molecule has 0 saturated heterocycles. The van der Waals surface area contributed by atoms with Gasteiger partial charge in [0, 0.05) is 0 Å². The maximum absolute atomic E-state index is 13.9. The number of alkyl halides is 41. The van der Waals surface area contributed by atoms with Crippen molar-refractivity contribution in [3.63, 3.8) is 0 Å². The second-order valence-electron chi connectivity index (χ2n) is 11.7. The van der Waals surface area contributed by atoms with Gasteiger partial charge in [-0.2, -0.15) is 189 Å². The molecule has 0 aliphatic carbocycles. The average Bonchev–Trinajstić information content (AvgIpc) is 3.05. The van der Waals surface area contributed by atoms with Gasteiger partial charge in [-0.25, -0.2) is 0 Å². The molecule has 0 aromatic carbocycles. The standard InChI is InChI=1S/C21F43/c22-1(23)2(24,25)3(26,27)4(28,29)5(30,31)6(32,33)7(34,35)8(36,37)9(38,39)10(40,41)11(42,43)12(44,45)13(46,47)14(48,49)15(50,51)16(52,53)17(54,55)18(56,57)19(58,59)20(60,61)21(62,63)64. The molecular formula is C21F43. The van der Waals surface area contributed by atoms with Crippen LogP contribution in [0, 0.1) is 6.43 Å². The van der Waals surface area contributed by atoms with Crippen molar-refractivity contribution in [3.05, 3.63) is 6.43 Å². The Kier molecular flexibility index (Phi) is 13.8. The molecule has 385 valence electrons. The Labute approximate surface area is 315 Å². The fourth-order valence-corrected chi connectivity index (χ4v) is 3.65. The zero-order valence-corrected chi connectivity index (χ0v) is 26.8. The summed E-state index contributed by atoms with van der Waals surface area (Å²) in [6.45, 7) is 0. The Bertz CT molecular complexity index is 1680. The average molecular weight is 1070 g/mol. The Morgan fingerprint density at radius 2 is 0.234 bits per heavy atom. The Hall–Kier alpha value is -3.01. The molecule has 0 N–H and O–H groups in total. The second-order valence-corrected chi connectivity index (χ2v) is 11.7. The predicted octanol–water partition coefficient (Wildman–Crippen LogP) is 14.0. The van der Waals surface area contributed by atoms with Crippen LogP contribution >= 0.6 is 0 Å². The molecule has 0 aliphatic heterocycles. The first-order valence-corrected chi connectivity index (χ1v) is 13.1. The number of halogens is 43. The lowest BCUT2D eigenvalue weighted by atomic mass is 9.81. The molecule has 0 spiro atoms. The van der Waals surface area contributed by atoms with Gasteiger partial charge >= 0.3 is 125 Å². The van der Waals surface area contributed by atoms with Crippen molar-refractivity contribution in [2.75, 3.05) is 0 Å². The summed E-state index contributed by atoms with van der Waals surface area (Å²) in [7, 11) is 0. The zero-order valence-electron chi connectivity index (χ0n) is 26.8. The van der Waals surface area contributed by atoms with Gasteiger partial charge in [0.15, 0.2) is 0 Å². The lowest BCUT2D eigenvalue weighted by Gasteiger charge is -2.47. The minimum atomic E-state index is -10.7. The van der Waals surface area contributed by atoms with Crippen LogP contribution in [0.1, 0.15) is 0 Å². The van der Waals surface area contributed by atoms with Crippen molar-refractivity contribution in [2.45, 2.75) is 119 Å². The van der Waals surface area contributed by atoms with Crippen molar-refractivity contribution >= 4 is 0 Å². The van der Waals surface area contributed by atoms with Gasteiger partial charge in [0.25, 0.3) is 0 Å². The van der Waals surface area contributed by atoms with Crippen molar-refractivity contribution in [1.82, 2.24) is 0 Å². The molecule has 0 aromatic heterocycles. The molecule has 0 heterocycles. The predicted molar refractivity (Wildman–Crippen MR) is 106 cm³/mol. The normalized spacial score (nSPS) is 17.4. The second kappa shape index (κ2) is 14.5. The summed E-state index contributed by atoms with van der Waals surface area (Å²) in [5.41, 5.74) is 0. The molecule has 0 atom stereocenters. The smallest absolute Gasteiger partial charge is 0.192 e. The van der Waals surface area contributed by atoms with Crippen molar-refractivity contribution in [3.8, 4) is 0 Å². The van der Waals surface area contributed by atoms with E-state index in [9.17, 15) is 189 Å². The van der Waals surface area contributed by atoms with Gasteiger partial charge in [-0.05, 0) is 0 Å². The number of rotatable bonds is 19. The molecular weight excluding hydrogens is 1070 g/mol. The van der Waals surface area contributed by atoms with Crippen LogP contribution in [-0.2, 0) is 0 Å². The van der Waals surface area contributed by atoms with Gasteiger partial charge in [-0.3, -0.25) is 0 Å². The first-order valence-electron chi connectivity index (χ1n) is 13.1. The van der Waals surface area contributed by atoms with E-state index in [-0.39, 0.29) is 0 Å². The van der Waals surface area contributed by atoms with Crippen molar-refractivity contribution in [1.29, 1.82) is 0 Å². The molecule has 43 heteroatoms. The zero-order chi connectivity index (χ0) is 53.6. The molecule has 0 bridgehead atoms. The molecule has 0 amide bonds. The third-order valence-corrected chi connectivity index (χ3v) is 7.69. The van der Waals surface area contributed by atoms with E-state index in [0.717, 1.165) is 0 Å². The van der Waals surface area contributed by atoms with E-state index in [2.05, 4.69) is 0 Å². The summed E-state index contributed by atoms with van der Waals surface area (Å²) < 4.78 is 577. The van der Waals surface area contributed by atoms with E-state index in [0.29, 0.717) is 0 Å². The minimum absolute atomic E-state index is 5.70. The van der Waals surface area contributed by atoms with Crippen LogP contribution in [0.3, 0.4) is 0 Å². The van der Waals surface area contributed by atoms with E-state index in [4.69, 9.17) is 0 Å². The fraction of sp³-hybridized carbons (Fsp3) is 0.952. The van der Waals surface area contributed by atoms with Crippen LogP contribution in [0.5, 0.6) is 0 Å². The molecule has 0 unspecified atom stereocenters. The van der Waals surface area contributed by atoms with Gasteiger partial charge in [0.1, 0.15) is 0 Å². The maximum Gasteiger partial charge on any atom is 0.460 e. The van der Waals surface area contributed by atoms with E-state index >= 15 is 0 Å². The third-order valence-electron chi connectivity index (χ3n) is 7.69. The van der Waals surface area contributed by atoms with Crippen LogP contribution in [0.2, 0.25) is 0 Å². The largest absolute Gasteiger partial charge is 0.460 e. The molecule has 1 radical (unpaired) electrons. The molecule has 0 nitrogen and oxygen atoms in total. The monoisotopic (exact) mass is 1070 g/mol. The highest BCUT2D eigenvalue weighted by Crippen LogP contribution is 2.71. The maximum atomic E-state index is 13.9. The van der Waals surface area contributed by atoms with Gasteiger partial charge in [-0.15, -0.1) is 0 Å². The first-order chi connectivity index (χ1) is 26.7. The summed E-state index contributed by atoms with van der Waals surface area (Å²) in [6.07, 6.45) is -14.2. The summed E-state index contributed by atoms with van der Waals surface area (Å²) in [5.74, 6) is -192. The SMILES string of the molecule is F[C](F)C(F)(F)C(F)(F)C(F)(F)C(F)(F)C(F)(F)C(F)(F)C(F)(F)C(F)(F)C(F)(F)C(F)(F)C(F)(F)C(F)(F)C(F)(F)C(F)(F)C(F)(F)C(F)(F)C(F)(F)C(F)(F)C(F)(F)C(F)(F)F. The Balaban J connectivity index is 8.01. The van der Waals surface area contributed by atoms with Gasteiger partial charge in [0.05, 0.1) is 0 Å². The summed E-state index contributed by atoms with van der Waals surface area (Å²) >= 11 is 0. The Morgan fingerprint density at radius 3 is 0.328 bits per heavy atom. The number of hydrogen-bond acceptors (Lipinski definition) is 0. The van der Waals surface area contributed by atoms with E-state index in [1.807, 2.05) is 0 Å². The topological polar surface area (TPSA) is 0 Å². The van der Waals surface area contributed by atoms with Crippen molar-refractivity contribution in [2.24, 2.45) is 0 Å². The highest BCUT2D eigenvalue weighted by Gasteiger charge is 3.03. The van der Waals surface area contributed by atoms with E-state index in [1.165, 1.54) is 0 Å². The summed E-state index contributed by atoms with van der Waals surface area (Å²) in [4.78, 5) is 0. The quantitative estimate of drug-likeness (QED) is 0.113. The van der Waals surface area contributed by atoms with E-state index in [1.54, 1.807) is 0 Å². The van der Waals surface area contributed by atoms with Crippen molar-refractivity contribution < 1.29 is 189 Å². The highest BCUT2D eigenvalue weighted by molar-refractivity contribution is 5.24.